The van der Waals surface area contributed by atoms with Gasteiger partial charge in [0.1, 0.15) is 29.7 Å². The van der Waals surface area contributed by atoms with Gasteiger partial charge < -0.3 is 25.1 Å². The average Bonchev–Trinajstić information content (AvgIpc) is 2.77. The van der Waals surface area contributed by atoms with Crippen molar-refractivity contribution in [3.8, 4) is 29.1 Å². The van der Waals surface area contributed by atoms with Crippen LogP contribution in [0.2, 0.25) is 10.0 Å². The van der Waals surface area contributed by atoms with E-state index in [0.29, 0.717) is 38.4 Å². The fourth-order valence-corrected chi connectivity index (χ4v) is 4.06. The molecule has 162 valence electrons. The van der Waals surface area contributed by atoms with Crippen LogP contribution in [0.25, 0.3) is 0 Å². The Labute approximate surface area is 195 Å². The predicted octanol–water partition coefficient (Wildman–Crippen LogP) is 5.50. The first-order valence-corrected chi connectivity index (χ1v) is 10.3. The molecule has 3 aromatic carbocycles. The zero-order chi connectivity index (χ0) is 22.8. The molecule has 0 fully saturated rings. The second kappa shape index (κ2) is 8.91. The van der Waals surface area contributed by atoms with Gasteiger partial charge in [-0.1, -0.05) is 47.5 Å². The zero-order valence-corrected chi connectivity index (χ0v) is 18.4. The number of methoxy groups -OCH3 is 1. The first-order chi connectivity index (χ1) is 15.4. The Morgan fingerprint density at radius 1 is 1.12 bits per heavy atom. The summed E-state index contributed by atoms with van der Waals surface area (Å²) < 4.78 is 17.0. The molecule has 3 N–H and O–H groups in total. The molecule has 0 unspecified atom stereocenters. The summed E-state index contributed by atoms with van der Waals surface area (Å²) in [5.74, 6) is 0.530. The number of nitriles is 1. The van der Waals surface area contributed by atoms with Gasteiger partial charge in [-0.25, -0.2) is 0 Å². The van der Waals surface area contributed by atoms with E-state index in [2.05, 4.69) is 6.07 Å². The Morgan fingerprint density at radius 2 is 1.91 bits per heavy atom. The lowest BCUT2D eigenvalue weighted by molar-refractivity contribution is 0.284. The van der Waals surface area contributed by atoms with E-state index in [-0.39, 0.29) is 23.8 Å². The van der Waals surface area contributed by atoms with Crippen LogP contribution in [-0.2, 0) is 6.61 Å². The van der Waals surface area contributed by atoms with Crippen LogP contribution in [0, 0.1) is 11.3 Å². The van der Waals surface area contributed by atoms with Crippen LogP contribution in [0.5, 0.6) is 23.0 Å². The van der Waals surface area contributed by atoms with Gasteiger partial charge in [-0.05, 0) is 29.8 Å². The Hall–Kier alpha value is -3.53. The normalized spacial score (nSPS) is 14.9. The minimum absolute atomic E-state index is 0.0228. The van der Waals surface area contributed by atoms with E-state index in [9.17, 15) is 10.4 Å². The number of phenolic OH excluding ortho intramolecular Hbond substituents is 1. The van der Waals surface area contributed by atoms with Crippen LogP contribution in [0.4, 0.5) is 0 Å². The predicted molar refractivity (Wildman–Crippen MR) is 121 cm³/mol. The SMILES string of the molecule is COc1cc([C@@H]2C(C#N)=C(N)Oc3cc(O)ccc32)cc(Cl)c1OCc1ccccc1Cl. The molecule has 0 radical (unpaired) electrons. The Bertz CT molecular complexity index is 1270. The summed E-state index contributed by atoms with van der Waals surface area (Å²) in [5, 5.41) is 20.4. The van der Waals surface area contributed by atoms with Crippen LogP contribution in [0.15, 0.2) is 66.1 Å². The number of benzene rings is 3. The average molecular weight is 469 g/mol. The summed E-state index contributed by atoms with van der Waals surface area (Å²) in [4.78, 5) is 0. The van der Waals surface area contributed by atoms with Crippen molar-refractivity contribution in [2.45, 2.75) is 12.5 Å². The van der Waals surface area contributed by atoms with Crippen molar-refractivity contribution in [3.05, 3.63) is 92.8 Å². The van der Waals surface area contributed by atoms with Gasteiger partial charge in [0.05, 0.1) is 18.1 Å². The topological polar surface area (TPSA) is 97.7 Å². The highest BCUT2D eigenvalue weighted by Crippen LogP contribution is 2.47. The number of ether oxygens (including phenoxy) is 3. The molecule has 4 rings (SSSR count). The molecule has 32 heavy (non-hydrogen) atoms. The van der Waals surface area contributed by atoms with Crippen molar-refractivity contribution in [1.29, 1.82) is 5.26 Å². The molecule has 1 aliphatic heterocycles. The Balaban J connectivity index is 1.76. The van der Waals surface area contributed by atoms with E-state index < -0.39 is 5.92 Å². The highest BCUT2D eigenvalue weighted by atomic mass is 35.5. The highest BCUT2D eigenvalue weighted by molar-refractivity contribution is 6.32. The third-order valence-corrected chi connectivity index (χ3v) is 5.77. The quantitative estimate of drug-likeness (QED) is 0.512. The monoisotopic (exact) mass is 468 g/mol. The van der Waals surface area contributed by atoms with Gasteiger partial charge in [0.15, 0.2) is 11.5 Å². The summed E-state index contributed by atoms with van der Waals surface area (Å²) in [6.45, 7) is 0.199. The maximum atomic E-state index is 9.82. The Morgan fingerprint density at radius 3 is 2.62 bits per heavy atom. The number of fused-ring (bicyclic) bond motifs is 1. The molecule has 0 amide bonds. The van der Waals surface area contributed by atoms with Crippen molar-refractivity contribution in [1.82, 2.24) is 0 Å². The molecule has 3 aromatic rings. The smallest absolute Gasteiger partial charge is 0.205 e. The summed E-state index contributed by atoms with van der Waals surface area (Å²) in [6.07, 6.45) is 0. The molecule has 0 saturated carbocycles. The summed E-state index contributed by atoms with van der Waals surface area (Å²) >= 11 is 12.8. The number of rotatable bonds is 5. The van der Waals surface area contributed by atoms with E-state index in [1.165, 1.54) is 19.2 Å². The number of allylic oxidation sites excluding steroid dienone is 1. The molecule has 0 spiro atoms. The molecular formula is C24H18Cl2N2O4. The third-order valence-electron chi connectivity index (χ3n) is 5.12. The van der Waals surface area contributed by atoms with Gasteiger partial charge in [-0.3, -0.25) is 0 Å². The standard InChI is InChI=1S/C24H18Cl2N2O4/c1-30-21-9-14(8-19(26)23(21)31-12-13-4-2-3-5-18(13)25)22-16-7-6-15(29)10-20(16)32-24(28)17(22)11-27/h2-10,22,29H,12,28H2,1H3/t22-/m0/s1. The highest BCUT2D eigenvalue weighted by Gasteiger charge is 2.32. The van der Waals surface area contributed by atoms with Gasteiger partial charge in [-0.2, -0.15) is 5.26 Å². The minimum atomic E-state index is -0.562. The summed E-state index contributed by atoms with van der Waals surface area (Å²) in [5.41, 5.74) is 8.35. The van der Waals surface area contributed by atoms with Gasteiger partial charge in [0.2, 0.25) is 5.88 Å². The molecular weight excluding hydrogens is 451 g/mol. The number of halogens is 2. The lowest BCUT2D eigenvalue weighted by Crippen LogP contribution is -2.21. The zero-order valence-electron chi connectivity index (χ0n) is 16.9. The van der Waals surface area contributed by atoms with Crippen molar-refractivity contribution >= 4 is 23.2 Å². The van der Waals surface area contributed by atoms with E-state index in [1.807, 2.05) is 18.2 Å². The molecule has 8 heteroatoms. The number of hydrogen-bond donors (Lipinski definition) is 2. The second-order valence-electron chi connectivity index (χ2n) is 7.06. The van der Waals surface area contributed by atoms with E-state index in [0.717, 1.165) is 5.56 Å². The van der Waals surface area contributed by atoms with Crippen LogP contribution in [0.3, 0.4) is 0 Å². The lowest BCUT2D eigenvalue weighted by Gasteiger charge is -2.27. The van der Waals surface area contributed by atoms with Crippen LogP contribution in [0.1, 0.15) is 22.6 Å². The molecule has 1 aliphatic rings. The molecule has 1 atom stereocenters. The maximum absolute atomic E-state index is 9.82. The summed E-state index contributed by atoms with van der Waals surface area (Å²) in [6, 6.07) is 17.6. The number of aromatic hydroxyl groups is 1. The second-order valence-corrected chi connectivity index (χ2v) is 7.88. The Kier molecular flexibility index (Phi) is 6.04. The number of hydrogen-bond acceptors (Lipinski definition) is 6. The van der Waals surface area contributed by atoms with E-state index in [4.69, 9.17) is 43.1 Å². The van der Waals surface area contributed by atoms with Crippen molar-refractivity contribution in [2.75, 3.05) is 7.11 Å². The van der Waals surface area contributed by atoms with Crippen LogP contribution >= 0.6 is 23.2 Å². The fourth-order valence-electron chi connectivity index (χ4n) is 3.60. The number of phenols is 1. The maximum Gasteiger partial charge on any atom is 0.205 e. The molecule has 0 aliphatic carbocycles. The number of nitrogens with two attached hydrogens (primary N) is 1. The van der Waals surface area contributed by atoms with Crippen LogP contribution < -0.4 is 19.9 Å². The van der Waals surface area contributed by atoms with E-state index in [1.54, 1.807) is 24.3 Å². The molecule has 1 heterocycles. The first kappa shape index (κ1) is 21.7. The summed E-state index contributed by atoms with van der Waals surface area (Å²) in [7, 11) is 1.50. The first-order valence-electron chi connectivity index (χ1n) is 9.57. The van der Waals surface area contributed by atoms with Gasteiger partial charge in [-0.15, -0.1) is 0 Å². The van der Waals surface area contributed by atoms with Gasteiger partial charge in [0.25, 0.3) is 0 Å². The molecule has 0 bridgehead atoms. The van der Waals surface area contributed by atoms with E-state index >= 15 is 0 Å². The fraction of sp³-hybridized carbons (Fsp3) is 0.125. The molecule has 6 nitrogen and oxygen atoms in total. The third kappa shape index (κ3) is 4.01. The van der Waals surface area contributed by atoms with Gasteiger partial charge >= 0.3 is 0 Å². The lowest BCUT2D eigenvalue weighted by atomic mass is 9.83. The molecule has 0 saturated heterocycles. The molecule has 0 aromatic heterocycles. The number of nitrogens with zero attached hydrogens (tertiary/aromatic N) is 1. The van der Waals surface area contributed by atoms with Crippen molar-refractivity contribution in [3.63, 3.8) is 0 Å². The van der Waals surface area contributed by atoms with Crippen LogP contribution in [-0.4, -0.2) is 12.2 Å². The van der Waals surface area contributed by atoms with Crippen molar-refractivity contribution in [2.24, 2.45) is 5.73 Å². The van der Waals surface area contributed by atoms with Gasteiger partial charge in [0, 0.05) is 22.2 Å². The largest absolute Gasteiger partial charge is 0.508 e. The van der Waals surface area contributed by atoms with Crippen molar-refractivity contribution < 1.29 is 19.3 Å². The minimum Gasteiger partial charge on any atom is -0.508 e.